The van der Waals surface area contributed by atoms with E-state index in [1.54, 1.807) is 0 Å². The van der Waals surface area contributed by atoms with Crippen molar-refractivity contribution in [3.63, 3.8) is 0 Å². The van der Waals surface area contributed by atoms with Gasteiger partial charge in [0, 0.05) is 20.5 Å². The molecule has 7 nitrogen and oxygen atoms in total. The van der Waals surface area contributed by atoms with E-state index in [4.69, 9.17) is 0 Å². The summed E-state index contributed by atoms with van der Waals surface area (Å²) >= 11 is 0. The van der Waals surface area contributed by atoms with Crippen LogP contribution in [0.2, 0.25) is 0 Å². The van der Waals surface area contributed by atoms with Crippen LogP contribution in [0.1, 0.15) is 12.8 Å². The fourth-order valence-electron chi connectivity index (χ4n) is 1.04. The molecular weight excluding hydrogens is 248 g/mol. The van der Waals surface area contributed by atoms with Crippen molar-refractivity contribution in [2.24, 2.45) is 0 Å². The van der Waals surface area contributed by atoms with Crippen molar-refractivity contribution in [2.75, 3.05) is 33.5 Å². The van der Waals surface area contributed by atoms with E-state index >= 15 is 0 Å². The average molecular weight is 266 g/mol. The monoisotopic (exact) mass is 266 g/mol. The molecule has 0 spiro atoms. The molecule has 0 aliphatic carbocycles. The summed E-state index contributed by atoms with van der Waals surface area (Å²) in [5.41, 5.74) is 0. The van der Waals surface area contributed by atoms with E-state index in [1.807, 2.05) is 0 Å². The lowest BCUT2D eigenvalue weighted by Gasteiger charge is -2.15. The van der Waals surface area contributed by atoms with E-state index in [9.17, 15) is 18.0 Å². The largest absolute Gasteiger partial charge is 0.469 e. The van der Waals surface area contributed by atoms with Gasteiger partial charge >= 0.3 is 5.97 Å². The SMILES string of the molecule is CNC(=O)CN(C)S(=O)(=O)CCCC(=O)OC. The second kappa shape index (κ2) is 7.23. The fraction of sp³-hybridized carbons (Fsp3) is 0.778. The third kappa shape index (κ3) is 6.22. The normalized spacial score (nSPS) is 11.3. The Balaban J connectivity index is 4.19. The van der Waals surface area contributed by atoms with E-state index in [1.165, 1.54) is 21.2 Å². The lowest BCUT2D eigenvalue weighted by Crippen LogP contribution is -2.38. The highest BCUT2D eigenvalue weighted by Crippen LogP contribution is 2.03. The zero-order chi connectivity index (χ0) is 13.5. The van der Waals surface area contributed by atoms with Crippen LogP contribution in [0.15, 0.2) is 0 Å². The molecule has 0 unspecified atom stereocenters. The third-order valence-corrected chi connectivity index (χ3v) is 4.01. The van der Waals surface area contributed by atoms with Crippen molar-refractivity contribution in [3.05, 3.63) is 0 Å². The number of sulfonamides is 1. The van der Waals surface area contributed by atoms with Gasteiger partial charge in [0.1, 0.15) is 0 Å². The lowest BCUT2D eigenvalue weighted by molar-refractivity contribution is -0.140. The summed E-state index contributed by atoms with van der Waals surface area (Å²) in [6.07, 6.45) is 0.219. The first-order chi connectivity index (χ1) is 7.83. The van der Waals surface area contributed by atoms with Gasteiger partial charge in [0.2, 0.25) is 15.9 Å². The topological polar surface area (TPSA) is 92.8 Å². The molecule has 0 fully saturated rings. The number of likely N-dealkylation sites (N-methyl/N-ethyl adjacent to an activating group) is 2. The Hall–Kier alpha value is -1.15. The van der Waals surface area contributed by atoms with Crippen molar-refractivity contribution in [2.45, 2.75) is 12.8 Å². The van der Waals surface area contributed by atoms with Crippen LogP contribution in [-0.2, 0) is 24.3 Å². The summed E-state index contributed by atoms with van der Waals surface area (Å²) in [6, 6.07) is 0. The molecule has 1 amide bonds. The summed E-state index contributed by atoms with van der Waals surface area (Å²) in [4.78, 5) is 21.8. The first-order valence-corrected chi connectivity index (χ1v) is 6.65. The number of amides is 1. The van der Waals surface area contributed by atoms with Crippen LogP contribution in [0, 0.1) is 0 Å². The number of nitrogens with one attached hydrogen (secondary N) is 1. The Morgan fingerprint density at radius 2 is 1.94 bits per heavy atom. The molecule has 8 heteroatoms. The predicted molar refractivity (Wildman–Crippen MR) is 61.7 cm³/mol. The molecule has 17 heavy (non-hydrogen) atoms. The van der Waals surface area contributed by atoms with Gasteiger partial charge in [0.15, 0.2) is 0 Å². The maximum Gasteiger partial charge on any atom is 0.305 e. The number of rotatable bonds is 7. The third-order valence-electron chi connectivity index (χ3n) is 2.13. The predicted octanol–water partition coefficient (Wildman–Crippen LogP) is -1.05. The minimum Gasteiger partial charge on any atom is -0.469 e. The Labute approximate surface area is 101 Å². The fourth-order valence-corrected chi connectivity index (χ4v) is 2.17. The Kier molecular flexibility index (Phi) is 6.74. The molecule has 0 radical (unpaired) electrons. The molecule has 0 bridgehead atoms. The van der Waals surface area contributed by atoms with Crippen LogP contribution in [0.3, 0.4) is 0 Å². The van der Waals surface area contributed by atoms with Crippen molar-refractivity contribution in [3.8, 4) is 0 Å². The molecule has 0 aromatic carbocycles. The van der Waals surface area contributed by atoms with Crippen molar-refractivity contribution >= 4 is 21.9 Å². The highest BCUT2D eigenvalue weighted by molar-refractivity contribution is 7.89. The van der Waals surface area contributed by atoms with Crippen LogP contribution in [-0.4, -0.2) is 58.1 Å². The van der Waals surface area contributed by atoms with Crippen molar-refractivity contribution < 1.29 is 22.7 Å². The molecule has 0 atom stereocenters. The summed E-state index contributed by atoms with van der Waals surface area (Å²) in [6.45, 7) is -0.225. The summed E-state index contributed by atoms with van der Waals surface area (Å²) in [5, 5.41) is 2.33. The maximum absolute atomic E-state index is 11.6. The molecule has 0 rings (SSSR count). The molecular formula is C9H18N2O5S. The maximum atomic E-state index is 11.6. The average Bonchev–Trinajstić information content (AvgIpc) is 2.28. The Morgan fingerprint density at radius 1 is 1.35 bits per heavy atom. The number of hydrogen-bond acceptors (Lipinski definition) is 5. The highest BCUT2D eigenvalue weighted by atomic mass is 32.2. The van der Waals surface area contributed by atoms with Gasteiger partial charge in [-0.25, -0.2) is 8.42 Å². The van der Waals surface area contributed by atoms with Crippen LogP contribution in [0.25, 0.3) is 0 Å². The van der Waals surface area contributed by atoms with Crippen LogP contribution < -0.4 is 5.32 Å². The molecule has 0 aromatic rings. The summed E-state index contributed by atoms with van der Waals surface area (Å²) in [7, 11) is 0.493. The second-order valence-electron chi connectivity index (χ2n) is 3.42. The van der Waals surface area contributed by atoms with E-state index in [0.717, 1.165) is 4.31 Å². The number of methoxy groups -OCH3 is 1. The number of carbonyl (C=O) groups excluding carboxylic acids is 2. The van der Waals surface area contributed by atoms with E-state index in [0.29, 0.717) is 0 Å². The van der Waals surface area contributed by atoms with Gasteiger partial charge in [-0.3, -0.25) is 9.59 Å². The minimum absolute atomic E-state index is 0.0452. The molecule has 0 aliphatic heterocycles. The van der Waals surface area contributed by atoms with Crippen molar-refractivity contribution in [1.29, 1.82) is 0 Å². The number of nitrogens with zero attached hydrogens (tertiary/aromatic N) is 1. The molecule has 0 saturated carbocycles. The van der Waals surface area contributed by atoms with Gasteiger partial charge in [0.25, 0.3) is 0 Å². The smallest absolute Gasteiger partial charge is 0.305 e. The van der Waals surface area contributed by atoms with Gasteiger partial charge in [-0.05, 0) is 6.42 Å². The summed E-state index contributed by atoms with van der Waals surface area (Å²) in [5.74, 6) is -1.02. The minimum atomic E-state index is -3.50. The van der Waals surface area contributed by atoms with E-state index in [2.05, 4.69) is 10.1 Å². The molecule has 0 aromatic heterocycles. The quantitative estimate of drug-likeness (QED) is 0.593. The number of esters is 1. The number of carbonyl (C=O) groups is 2. The highest BCUT2D eigenvalue weighted by Gasteiger charge is 2.20. The zero-order valence-electron chi connectivity index (χ0n) is 10.2. The molecule has 0 saturated heterocycles. The number of ether oxygens (including phenoxy) is 1. The molecule has 1 N–H and O–H groups in total. The van der Waals surface area contributed by atoms with Gasteiger partial charge in [-0.2, -0.15) is 4.31 Å². The number of hydrogen-bond donors (Lipinski definition) is 1. The molecule has 100 valence electrons. The van der Waals surface area contributed by atoms with Crippen LogP contribution in [0.5, 0.6) is 0 Å². The first kappa shape index (κ1) is 15.9. The first-order valence-electron chi connectivity index (χ1n) is 5.05. The van der Waals surface area contributed by atoms with Gasteiger partial charge in [-0.1, -0.05) is 0 Å². The standard InChI is InChI=1S/C9H18N2O5S/c1-10-8(12)7-11(2)17(14,15)6-4-5-9(13)16-3/h4-7H2,1-3H3,(H,10,12). The lowest BCUT2D eigenvalue weighted by atomic mass is 10.3. The van der Waals surface area contributed by atoms with Gasteiger partial charge in [0.05, 0.1) is 19.4 Å². The van der Waals surface area contributed by atoms with E-state index in [-0.39, 0.29) is 31.0 Å². The molecule has 0 heterocycles. The van der Waals surface area contributed by atoms with Crippen LogP contribution in [0.4, 0.5) is 0 Å². The summed E-state index contributed by atoms with van der Waals surface area (Å²) < 4.78 is 28.6. The Morgan fingerprint density at radius 3 is 2.41 bits per heavy atom. The van der Waals surface area contributed by atoms with Gasteiger partial charge in [-0.15, -0.1) is 0 Å². The second-order valence-corrected chi connectivity index (χ2v) is 5.62. The van der Waals surface area contributed by atoms with E-state index < -0.39 is 16.0 Å². The molecule has 0 aliphatic rings. The Bertz CT molecular complexity index is 366. The van der Waals surface area contributed by atoms with Crippen LogP contribution >= 0.6 is 0 Å². The van der Waals surface area contributed by atoms with Crippen molar-refractivity contribution in [1.82, 2.24) is 9.62 Å². The van der Waals surface area contributed by atoms with Gasteiger partial charge < -0.3 is 10.1 Å². The zero-order valence-corrected chi connectivity index (χ0v) is 11.0.